The minimum absolute atomic E-state index is 0.161. The van der Waals surface area contributed by atoms with Crippen LogP contribution in [0.15, 0.2) is 0 Å². The van der Waals surface area contributed by atoms with Crippen molar-refractivity contribution in [3.63, 3.8) is 0 Å². The zero-order valence-corrected chi connectivity index (χ0v) is 11.7. The molecule has 0 aromatic rings. The third-order valence-electron chi connectivity index (χ3n) is 3.70. The van der Waals surface area contributed by atoms with Gasteiger partial charge in [0.25, 0.3) is 0 Å². The lowest BCUT2D eigenvalue weighted by atomic mass is 9.81. The largest absolute Gasteiger partial charge is 0.392 e. The minimum Gasteiger partial charge on any atom is -0.392 e. The van der Waals surface area contributed by atoms with Crippen LogP contribution in [0.3, 0.4) is 0 Å². The predicted octanol–water partition coefficient (Wildman–Crippen LogP) is 2.43. The molecule has 17 heavy (non-hydrogen) atoms. The van der Waals surface area contributed by atoms with Crippen molar-refractivity contribution in [2.75, 3.05) is 13.1 Å². The Morgan fingerprint density at radius 3 is 2.65 bits per heavy atom. The first-order valence-corrected chi connectivity index (χ1v) is 6.79. The van der Waals surface area contributed by atoms with E-state index in [-0.39, 0.29) is 17.4 Å². The van der Waals surface area contributed by atoms with E-state index in [1.165, 1.54) is 0 Å². The van der Waals surface area contributed by atoms with Crippen molar-refractivity contribution >= 4 is 5.91 Å². The summed E-state index contributed by atoms with van der Waals surface area (Å²) in [5.41, 5.74) is -0.161. The van der Waals surface area contributed by atoms with Crippen molar-refractivity contribution in [2.24, 2.45) is 11.3 Å². The van der Waals surface area contributed by atoms with Gasteiger partial charge in [-0.1, -0.05) is 34.1 Å². The smallest absolute Gasteiger partial charge is 0.222 e. The van der Waals surface area contributed by atoms with Gasteiger partial charge < -0.3 is 10.0 Å². The molecule has 1 unspecified atom stereocenters. The number of rotatable bonds is 4. The molecule has 0 saturated carbocycles. The number of likely N-dealkylation sites (tertiary alicyclic amines) is 1. The van der Waals surface area contributed by atoms with Crippen LogP contribution in [0.1, 0.15) is 53.4 Å². The van der Waals surface area contributed by atoms with Crippen molar-refractivity contribution in [1.82, 2.24) is 4.90 Å². The fourth-order valence-corrected chi connectivity index (χ4v) is 2.38. The molecule has 1 fully saturated rings. The third-order valence-corrected chi connectivity index (χ3v) is 3.70. The molecule has 0 spiro atoms. The van der Waals surface area contributed by atoms with Gasteiger partial charge in [-0.25, -0.2) is 0 Å². The fraction of sp³-hybridized carbons (Fsp3) is 0.929. The first-order valence-electron chi connectivity index (χ1n) is 6.79. The van der Waals surface area contributed by atoms with Gasteiger partial charge in [-0.2, -0.15) is 0 Å². The van der Waals surface area contributed by atoms with Crippen LogP contribution in [0.25, 0.3) is 0 Å². The number of aliphatic hydroxyl groups excluding tert-OH is 1. The van der Waals surface area contributed by atoms with Crippen molar-refractivity contribution in [3.05, 3.63) is 0 Å². The lowest BCUT2D eigenvalue weighted by molar-refractivity contribution is -0.138. The molecule has 1 N–H and O–H groups in total. The number of carbonyl (C=O) groups excluding carboxylic acids is 1. The highest BCUT2D eigenvalue weighted by molar-refractivity contribution is 5.76. The van der Waals surface area contributed by atoms with Gasteiger partial charge in [0, 0.05) is 24.9 Å². The maximum Gasteiger partial charge on any atom is 0.222 e. The molecule has 1 aliphatic heterocycles. The molecule has 1 heterocycles. The van der Waals surface area contributed by atoms with Crippen LogP contribution in [0, 0.1) is 11.3 Å². The molecule has 0 radical (unpaired) electrons. The van der Waals surface area contributed by atoms with Crippen LogP contribution < -0.4 is 0 Å². The van der Waals surface area contributed by atoms with E-state index in [1.54, 1.807) is 0 Å². The van der Waals surface area contributed by atoms with Crippen LogP contribution in [0.5, 0.6) is 0 Å². The molecule has 100 valence electrons. The molecule has 1 atom stereocenters. The third kappa shape index (κ3) is 4.30. The van der Waals surface area contributed by atoms with E-state index in [1.807, 2.05) is 18.7 Å². The number of piperidine rings is 1. The standard InChI is InChI=1S/C14H27NO2/c1-11(2)6-5-7-13(17)15-9-8-12(16)14(3,4)10-15/h11-12,16H,5-10H2,1-4H3. The fourth-order valence-electron chi connectivity index (χ4n) is 2.38. The van der Waals surface area contributed by atoms with Crippen LogP contribution >= 0.6 is 0 Å². The molecule has 0 bridgehead atoms. The van der Waals surface area contributed by atoms with Crippen molar-refractivity contribution in [1.29, 1.82) is 0 Å². The van der Waals surface area contributed by atoms with E-state index in [9.17, 15) is 9.90 Å². The summed E-state index contributed by atoms with van der Waals surface area (Å²) < 4.78 is 0. The molecular formula is C14H27NO2. The number of amides is 1. The number of hydrogen-bond donors (Lipinski definition) is 1. The second-order valence-electron chi connectivity index (χ2n) is 6.39. The summed E-state index contributed by atoms with van der Waals surface area (Å²) >= 11 is 0. The van der Waals surface area contributed by atoms with E-state index < -0.39 is 0 Å². The minimum atomic E-state index is -0.276. The van der Waals surface area contributed by atoms with Gasteiger partial charge in [0.15, 0.2) is 0 Å². The molecule has 3 nitrogen and oxygen atoms in total. The summed E-state index contributed by atoms with van der Waals surface area (Å²) in [6, 6.07) is 0. The molecule has 3 heteroatoms. The quantitative estimate of drug-likeness (QED) is 0.821. The lowest BCUT2D eigenvalue weighted by Crippen LogP contribution is -2.50. The predicted molar refractivity (Wildman–Crippen MR) is 69.7 cm³/mol. The van der Waals surface area contributed by atoms with Gasteiger partial charge in [-0.15, -0.1) is 0 Å². The highest BCUT2D eigenvalue weighted by atomic mass is 16.3. The molecule has 1 saturated heterocycles. The van der Waals surface area contributed by atoms with Crippen molar-refractivity contribution in [3.8, 4) is 0 Å². The second kappa shape index (κ2) is 5.85. The van der Waals surface area contributed by atoms with Gasteiger partial charge in [0.1, 0.15) is 0 Å². The number of carbonyl (C=O) groups is 1. The van der Waals surface area contributed by atoms with E-state index in [4.69, 9.17) is 0 Å². The average molecular weight is 241 g/mol. The average Bonchev–Trinajstić information content (AvgIpc) is 2.21. The molecular weight excluding hydrogens is 214 g/mol. The number of hydrogen-bond acceptors (Lipinski definition) is 2. The van der Waals surface area contributed by atoms with E-state index >= 15 is 0 Å². The highest BCUT2D eigenvalue weighted by Crippen LogP contribution is 2.29. The molecule has 0 aromatic carbocycles. The van der Waals surface area contributed by atoms with E-state index in [0.717, 1.165) is 12.8 Å². The zero-order chi connectivity index (χ0) is 13.1. The lowest BCUT2D eigenvalue weighted by Gasteiger charge is -2.41. The summed E-state index contributed by atoms with van der Waals surface area (Å²) in [4.78, 5) is 13.9. The number of aliphatic hydroxyl groups is 1. The molecule has 1 rings (SSSR count). The van der Waals surface area contributed by atoms with Gasteiger partial charge >= 0.3 is 0 Å². The first kappa shape index (κ1) is 14.5. The summed E-state index contributed by atoms with van der Waals surface area (Å²) in [6.45, 7) is 9.84. The Bertz CT molecular complexity index is 261. The maximum atomic E-state index is 12.0. The molecule has 0 aromatic heterocycles. The van der Waals surface area contributed by atoms with Crippen LogP contribution in [0.2, 0.25) is 0 Å². The monoisotopic (exact) mass is 241 g/mol. The molecule has 1 aliphatic rings. The summed E-state index contributed by atoms with van der Waals surface area (Å²) in [7, 11) is 0. The summed E-state index contributed by atoms with van der Waals surface area (Å²) in [5.74, 6) is 0.924. The Balaban J connectivity index is 2.38. The topological polar surface area (TPSA) is 40.5 Å². The SMILES string of the molecule is CC(C)CCCC(=O)N1CCC(O)C(C)(C)C1. The maximum absolute atomic E-state index is 12.0. The normalized spacial score (nSPS) is 24.1. The Morgan fingerprint density at radius 1 is 1.47 bits per heavy atom. The van der Waals surface area contributed by atoms with Gasteiger partial charge in [-0.3, -0.25) is 4.79 Å². The van der Waals surface area contributed by atoms with Gasteiger partial charge in [-0.05, 0) is 18.8 Å². The Kier molecular flexibility index (Phi) is 4.99. The number of nitrogens with zero attached hydrogens (tertiary/aromatic N) is 1. The Morgan fingerprint density at radius 2 is 2.12 bits per heavy atom. The van der Waals surface area contributed by atoms with Gasteiger partial charge in [0.05, 0.1) is 6.10 Å². The molecule has 0 aliphatic carbocycles. The Labute approximate surface area is 105 Å². The zero-order valence-electron chi connectivity index (χ0n) is 11.7. The van der Waals surface area contributed by atoms with Crippen molar-refractivity contribution < 1.29 is 9.90 Å². The van der Waals surface area contributed by atoms with Crippen LogP contribution in [-0.2, 0) is 4.79 Å². The second-order valence-corrected chi connectivity index (χ2v) is 6.39. The Hall–Kier alpha value is -0.570. The highest BCUT2D eigenvalue weighted by Gasteiger charge is 2.35. The van der Waals surface area contributed by atoms with Crippen LogP contribution in [-0.4, -0.2) is 35.1 Å². The summed E-state index contributed by atoms with van der Waals surface area (Å²) in [6.07, 6.45) is 3.19. The first-order chi connectivity index (χ1) is 7.83. The summed E-state index contributed by atoms with van der Waals surface area (Å²) in [5, 5.41) is 9.85. The van der Waals surface area contributed by atoms with E-state index in [0.29, 0.717) is 31.8 Å². The van der Waals surface area contributed by atoms with Gasteiger partial charge in [0.2, 0.25) is 5.91 Å². The van der Waals surface area contributed by atoms with E-state index in [2.05, 4.69) is 13.8 Å². The van der Waals surface area contributed by atoms with Crippen molar-refractivity contribution in [2.45, 2.75) is 59.5 Å². The molecule has 1 amide bonds. The van der Waals surface area contributed by atoms with Crippen LogP contribution in [0.4, 0.5) is 0 Å².